The van der Waals surface area contributed by atoms with Crippen LogP contribution in [0.2, 0.25) is 0 Å². The Morgan fingerprint density at radius 2 is 1.89 bits per heavy atom. The van der Waals surface area contributed by atoms with E-state index in [9.17, 15) is 13.2 Å². The smallest absolute Gasteiger partial charge is 0.327 e. The largest absolute Gasteiger partial charge is 0.389 e. The maximum atomic E-state index is 11.5. The first-order chi connectivity index (χ1) is 3.99. The standard InChI is InChI=1S/C5H8F3N/c6-5(7,8)2-3-1-4(3)9/h3-4H,1-2,9H2. The van der Waals surface area contributed by atoms with Crippen LogP contribution in [0.5, 0.6) is 0 Å². The van der Waals surface area contributed by atoms with Gasteiger partial charge in [-0.25, -0.2) is 0 Å². The highest BCUT2D eigenvalue weighted by Crippen LogP contribution is 2.38. The lowest BCUT2D eigenvalue weighted by molar-refractivity contribution is -0.138. The van der Waals surface area contributed by atoms with Gasteiger partial charge in [0.05, 0.1) is 0 Å². The molecule has 0 aromatic rings. The molecule has 0 aromatic heterocycles. The summed E-state index contributed by atoms with van der Waals surface area (Å²) in [6.07, 6.45) is -4.17. The third kappa shape index (κ3) is 2.22. The van der Waals surface area contributed by atoms with Crippen LogP contribution >= 0.6 is 0 Å². The first-order valence-electron chi connectivity index (χ1n) is 2.81. The van der Waals surface area contributed by atoms with Crippen LogP contribution in [0.3, 0.4) is 0 Å². The summed E-state index contributed by atoms with van der Waals surface area (Å²) < 4.78 is 34.4. The van der Waals surface area contributed by atoms with E-state index >= 15 is 0 Å². The highest BCUT2D eigenvalue weighted by atomic mass is 19.4. The molecule has 2 atom stereocenters. The van der Waals surface area contributed by atoms with Gasteiger partial charge in [-0.3, -0.25) is 0 Å². The van der Waals surface area contributed by atoms with E-state index < -0.39 is 12.6 Å². The molecule has 9 heavy (non-hydrogen) atoms. The lowest BCUT2D eigenvalue weighted by atomic mass is 10.3. The maximum Gasteiger partial charge on any atom is 0.389 e. The zero-order valence-electron chi connectivity index (χ0n) is 4.78. The second-order valence-electron chi connectivity index (χ2n) is 2.48. The number of halogens is 3. The molecular weight excluding hydrogens is 131 g/mol. The molecule has 0 spiro atoms. The number of hydrogen-bond acceptors (Lipinski definition) is 1. The van der Waals surface area contributed by atoms with Gasteiger partial charge in [0.15, 0.2) is 0 Å². The Morgan fingerprint density at radius 3 is 2.00 bits per heavy atom. The molecule has 1 fully saturated rings. The van der Waals surface area contributed by atoms with E-state index in [0.717, 1.165) is 0 Å². The van der Waals surface area contributed by atoms with Gasteiger partial charge in [0.25, 0.3) is 0 Å². The van der Waals surface area contributed by atoms with E-state index in [-0.39, 0.29) is 12.0 Å². The molecule has 4 heteroatoms. The topological polar surface area (TPSA) is 26.0 Å². The molecular formula is C5H8F3N. The summed E-state index contributed by atoms with van der Waals surface area (Å²) in [6.45, 7) is 0. The highest BCUT2D eigenvalue weighted by molar-refractivity contribution is 4.91. The Bertz CT molecular complexity index is 109. The number of nitrogens with two attached hydrogens (primary N) is 1. The molecule has 0 saturated heterocycles. The first-order valence-corrected chi connectivity index (χ1v) is 2.81. The van der Waals surface area contributed by atoms with Gasteiger partial charge in [0, 0.05) is 12.5 Å². The van der Waals surface area contributed by atoms with Crippen molar-refractivity contribution in [2.45, 2.75) is 25.1 Å². The van der Waals surface area contributed by atoms with Gasteiger partial charge in [-0.2, -0.15) is 13.2 Å². The predicted octanol–water partition coefficient (Wildman–Crippen LogP) is 1.29. The SMILES string of the molecule is NC1CC1CC(F)(F)F. The molecule has 0 radical (unpaired) electrons. The van der Waals surface area contributed by atoms with Crippen molar-refractivity contribution in [3.8, 4) is 0 Å². The minimum Gasteiger partial charge on any atom is -0.327 e. The lowest BCUT2D eigenvalue weighted by Crippen LogP contribution is -2.12. The van der Waals surface area contributed by atoms with Gasteiger partial charge >= 0.3 is 6.18 Å². The van der Waals surface area contributed by atoms with Crippen molar-refractivity contribution in [1.29, 1.82) is 0 Å². The van der Waals surface area contributed by atoms with Crippen LogP contribution in [0.25, 0.3) is 0 Å². The zero-order chi connectivity index (χ0) is 7.07. The minimum absolute atomic E-state index is 0.188. The molecule has 1 aliphatic rings. The second kappa shape index (κ2) is 1.87. The zero-order valence-corrected chi connectivity index (χ0v) is 4.78. The fourth-order valence-electron chi connectivity index (χ4n) is 0.803. The minimum atomic E-state index is -4.02. The van der Waals surface area contributed by atoms with Crippen molar-refractivity contribution >= 4 is 0 Å². The number of rotatable bonds is 1. The number of alkyl halides is 3. The van der Waals surface area contributed by atoms with Crippen LogP contribution < -0.4 is 5.73 Å². The van der Waals surface area contributed by atoms with Crippen molar-refractivity contribution in [3.63, 3.8) is 0 Å². The Kier molecular flexibility index (Phi) is 1.42. The predicted molar refractivity (Wildman–Crippen MR) is 26.8 cm³/mol. The van der Waals surface area contributed by atoms with Crippen LogP contribution in [0.4, 0.5) is 13.2 Å². The van der Waals surface area contributed by atoms with Crippen molar-refractivity contribution in [3.05, 3.63) is 0 Å². The van der Waals surface area contributed by atoms with Crippen LogP contribution in [-0.4, -0.2) is 12.2 Å². The van der Waals surface area contributed by atoms with E-state index in [1.165, 1.54) is 0 Å². The maximum absolute atomic E-state index is 11.5. The van der Waals surface area contributed by atoms with Gasteiger partial charge in [-0.05, 0) is 12.3 Å². The van der Waals surface area contributed by atoms with Gasteiger partial charge in [0.1, 0.15) is 0 Å². The molecule has 2 N–H and O–H groups in total. The average Bonchev–Trinajstić information content (AvgIpc) is 2.13. The average molecular weight is 139 g/mol. The molecule has 1 rings (SSSR count). The molecule has 0 heterocycles. The quantitative estimate of drug-likeness (QED) is 0.582. The van der Waals surface area contributed by atoms with Gasteiger partial charge in [0.2, 0.25) is 0 Å². The Labute approximate surface area is 51.0 Å². The fourth-order valence-corrected chi connectivity index (χ4v) is 0.803. The van der Waals surface area contributed by atoms with E-state index in [1.54, 1.807) is 0 Å². The van der Waals surface area contributed by atoms with E-state index in [0.29, 0.717) is 6.42 Å². The Balaban J connectivity index is 2.19. The molecule has 0 bridgehead atoms. The van der Waals surface area contributed by atoms with Gasteiger partial charge in [-0.1, -0.05) is 0 Å². The fraction of sp³-hybridized carbons (Fsp3) is 1.00. The summed E-state index contributed by atoms with van der Waals surface area (Å²) in [7, 11) is 0. The summed E-state index contributed by atoms with van der Waals surface area (Å²) in [5.41, 5.74) is 5.17. The number of hydrogen-bond donors (Lipinski definition) is 1. The van der Waals surface area contributed by atoms with Gasteiger partial charge < -0.3 is 5.73 Å². The van der Waals surface area contributed by atoms with Crippen molar-refractivity contribution in [1.82, 2.24) is 0 Å². The summed E-state index contributed by atoms with van der Waals surface area (Å²) in [4.78, 5) is 0. The Hall–Kier alpha value is -0.250. The molecule has 0 aliphatic heterocycles. The van der Waals surface area contributed by atoms with Crippen LogP contribution in [0.15, 0.2) is 0 Å². The summed E-state index contributed by atoms with van der Waals surface area (Å²) in [5.74, 6) is -0.287. The summed E-state index contributed by atoms with van der Waals surface area (Å²) in [5, 5.41) is 0. The molecule has 0 aromatic carbocycles. The molecule has 1 nitrogen and oxygen atoms in total. The van der Waals surface area contributed by atoms with E-state index in [1.807, 2.05) is 0 Å². The highest BCUT2D eigenvalue weighted by Gasteiger charge is 2.42. The van der Waals surface area contributed by atoms with Crippen LogP contribution in [-0.2, 0) is 0 Å². The molecule has 1 aliphatic carbocycles. The molecule has 2 unspecified atom stereocenters. The first kappa shape index (κ1) is 6.86. The Morgan fingerprint density at radius 1 is 1.44 bits per heavy atom. The van der Waals surface area contributed by atoms with Crippen molar-refractivity contribution < 1.29 is 13.2 Å². The normalized spacial score (nSPS) is 34.7. The van der Waals surface area contributed by atoms with E-state index in [4.69, 9.17) is 5.73 Å². The second-order valence-corrected chi connectivity index (χ2v) is 2.48. The lowest BCUT2D eigenvalue weighted by Gasteiger charge is -2.02. The molecule has 1 saturated carbocycles. The monoisotopic (exact) mass is 139 g/mol. The third-order valence-corrected chi connectivity index (χ3v) is 1.47. The van der Waals surface area contributed by atoms with Crippen LogP contribution in [0.1, 0.15) is 12.8 Å². The third-order valence-electron chi connectivity index (χ3n) is 1.47. The van der Waals surface area contributed by atoms with Gasteiger partial charge in [-0.15, -0.1) is 0 Å². The van der Waals surface area contributed by atoms with Crippen LogP contribution in [0, 0.1) is 5.92 Å². The van der Waals surface area contributed by atoms with E-state index in [2.05, 4.69) is 0 Å². The molecule has 0 amide bonds. The molecule has 54 valence electrons. The summed E-state index contributed by atoms with van der Waals surface area (Å²) >= 11 is 0. The van der Waals surface area contributed by atoms with Crippen molar-refractivity contribution in [2.75, 3.05) is 0 Å². The summed E-state index contributed by atoms with van der Waals surface area (Å²) in [6, 6.07) is -0.188. The van der Waals surface area contributed by atoms with Crippen molar-refractivity contribution in [2.24, 2.45) is 11.7 Å².